The Hall–Kier alpha value is -2.03. The molecule has 0 saturated heterocycles. The van der Waals surface area contributed by atoms with Crippen LogP contribution >= 0.6 is 0 Å². The van der Waals surface area contributed by atoms with Gasteiger partial charge in [0.2, 0.25) is 0 Å². The molecule has 2 aromatic rings. The predicted octanol–water partition coefficient (Wildman–Crippen LogP) is 3.79. The molecule has 0 aliphatic rings. The van der Waals surface area contributed by atoms with E-state index < -0.39 is 0 Å². The first-order valence-corrected chi connectivity index (χ1v) is 7.33. The summed E-state index contributed by atoms with van der Waals surface area (Å²) in [5.74, 6) is 0.0144. The summed E-state index contributed by atoms with van der Waals surface area (Å²) >= 11 is 0. The van der Waals surface area contributed by atoms with Crippen LogP contribution in [-0.4, -0.2) is 17.0 Å². The number of nitrogens with zero attached hydrogens (tertiary/aromatic N) is 1. The molecule has 3 nitrogen and oxygen atoms in total. The quantitative estimate of drug-likeness (QED) is 0.763. The number of amides is 1. The summed E-state index contributed by atoms with van der Waals surface area (Å²) in [6.07, 6.45) is 8.67. The van der Waals surface area contributed by atoms with Crippen LogP contribution in [0.3, 0.4) is 0 Å². The lowest BCUT2D eigenvalue weighted by Crippen LogP contribution is -2.24. The zero-order valence-corrected chi connectivity index (χ0v) is 12.0. The first kappa shape index (κ1) is 14.4. The summed E-state index contributed by atoms with van der Waals surface area (Å²) in [5, 5.41) is 2.97. The first-order chi connectivity index (χ1) is 9.81. The molecular formula is C17H22N2O. The summed E-state index contributed by atoms with van der Waals surface area (Å²) in [6, 6.07) is 11.6. The number of carbonyl (C=O) groups excluding carboxylic acids is 1. The highest BCUT2D eigenvalue weighted by atomic mass is 16.1. The SMILES string of the molecule is CCCCCCNC(=O)c1ccc(-n2cccc2)cc1. The van der Waals surface area contributed by atoms with Crippen molar-refractivity contribution < 1.29 is 4.79 Å². The molecule has 2 rings (SSSR count). The maximum atomic E-state index is 12.0. The zero-order valence-electron chi connectivity index (χ0n) is 12.0. The highest BCUT2D eigenvalue weighted by molar-refractivity contribution is 5.94. The molecule has 1 aromatic carbocycles. The first-order valence-electron chi connectivity index (χ1n) is 7.33. The van der Waals surface area contributed by atoms with E-state index in [2.05, 4.69) is 12.2 Å². The normalized spacial score (nSPS) is 10.4. The van der Waals surface area contributed by atoms with E-state index in [-0.39, 0.29) is 5.91 Å². The molecule has 0 saturated carbocycles. The Bertz CT molecular complexity index is 514. The monoisotopic (exact) mass is 270 g/mol. The lowest BCUT2D eigenvalue weighted by atomic mass is 10.1. The van der Waals surface area contributed by atoms with Crippen molar-refractivity contribution in [2.45, 2.75) is 32.6 Å². The van der Waals surface area contributed by atoms with Crippen molar-refractivity contribution >= 4 is 5.91 Å². The molecule has 1 N–H and O–H groups in total. The van der Waals surface area contributed by atoms with E-state index >= 15 is 0 Å². The van der Waals surface area contributed by atoms with Gasteiger partial charge in [-0.05, 0) is 42.8 Å². The minimum Gasteiger partial charge on any atom is -0.352 e. The second-order valence-corrected chi connectivity index (χ2v) is 4.95. The number of hydrogen-bond acceptors (Lipinski definition) is 1. The maximum Gasteiger partial charge on any atom is 0.251 e. The van der Waals surface area contributed by atoms with E-state index in [1.54, 1.807) is 0 Å². The fourth-order valence-electron chi connectivity index (χ4n) is 2.15. The molecule has 0 spiro atoms. The van der Waals surface area contributed by atoms with Crippen molar-refractivity contribution in [3.05, 3.63) is 54.4 Å². The summed E-state index contributed by atoms with van der Waals surface area (Å²) in [5.41, 5.74) is 1.78. The summed E-state index contributed by atoms with van der Waals surface area (Å²) in [4.78, 5) is 12.0. The Labute approximate surface area is 120 Å². The minimum absolute atomic E-state index is 0.0144. The van der Waals surface area contributed by atoms with E-state index in [0.29, 0.717) is 0 Å². The van der Waals surface area contributed by atoms with Crippen molar-refractivity contribution in [1.82, 2.24) is 9.88 Å². The average molecular weight is 270 g/mol. The Morgan fingerprint density at radius 2 is 1.75 bits per heavy atom. The molecule has 20 heavy (non-hydrogen) atoms. The van der Waals surface area contributed by atoms with Gasteiger partial charge in [-0.3, -0.25) is 4.79 Å². The highest BCUT2D eigenvalue weighted by Crippen LogP contribution is 2.10. The Morgan fingerprint density at radius 1 is 1.05 bits per heavy atom. The van der Waals surface area contributed by atoms with Gasteiger partial charge in [0.25, 0.3) is 5.91 Å². The van der Waals surface area contributed by atoms with Crippen LogP contribution in [-0.2, 0) is 0 Å². The van der Waals surface area contributed by atoms with Gasteiger partial charge in [-0.15, -0.1) is 0 Å². The minimum atomic E-state index is 0.0144. The van der Waals surface area contributed by atoms with Gasteiger partial charge in [0.15, 0.2) is 0 Å². The number of rotatable bonds is 7. The van der Waals surface area contributed by atoms with Crippen LogP contribution in [0.15, 0.2) is 48.8 Å². The van der Waals surface area contributed by atoms with Crippen LogP contribution in [0, 0.1) is 0 Å². The molecular weight excluding hydrogens is 248 g/mol. The lowest BCUT2D eigenvalue weighted by molar-refractivity contribution is 0.0953. The van der Waals surface area contributed by atoms with Gasteiger partial charge in [0.1, 0.15) is 0 Å². The fourth-order valence-corrected chi connectivity index (χ4v) is 2.15. The van der Waals surface area contributed by atoms with E-state index in [0.717, 1.165) is 24.2 Å². The number of benzene rings is 1. The Kier molecular flexibility index (Phi) is 5.42. The number of nitrogens with one attached hydrogen (secondary N) is 1. The average Bonchev–Trinajstić information content (AvgIpc) is 3.01. The molecule has 0 unspecified atom stereocenters. The standard InChI is InChI=1S/C17H22N2O/c1-2-3-4-5-12-18-17(20)15-8-10-16(11-9-15)19-13-6-7-14-19/h6-11,13-14H,2-5,12H2,1H3,(H,18,20). The molecule has 106 valence electrons. The molecule has 1 amide bonds. The largest absolute Gasteiger partial charge is 0.352 e. The van der Waals surface area contributed by atoms with Gasteiger partial charge >= 0.3 is 0 Å². The third-order valence-electron chi connectivity index (χ3n) is 3.35. The van der Waals surface area contributed by atoms with Gasteiger partial charge in [-0.2, -0.15) is 0 Å². The van der Waals surface area contributed by atoms with Gasteiger partial charge in [-0.25, -0.2) is 0 Å². The van der Waals surface area contributed by atoms with Gasteiger partial charge < -0.3 is 9.88 Å². The summed E-state index contributed by atoms with van der Waals surface area (Å²) in [7, 11) is 0. The molecule has 0 aliphatic carbocycles. The molecule has 0 radical (unpaired) electrons. The van der Waals surface area contributed by atoms with E-state index in [1.807, 2.05) is 53.4 Å². The topological polar surface area (TPSA) is 34.0 Å². The van der Waals surface area contributed by atoms with Crippen molar-refractivity contribution in [3.8, 4) is 5.69 Å². The molecule has 0 aliphatic heterocycles. The van der Waals surface area contributed by atoms with E-state index in [9.17, 15) is 4.79 Å². The second-order valence-electron chi connectivity index (χ2n) is 4.95. The van der Waals surface area contributed by atoms with Crippen molar-refractivity contribution in [1.29, 1.82) is 0 Å². The van der Waals surface area contributed by atoms with Crippen LogP contribution in [0.1, 0.15) is 43.0 Å². The third kappa shape index (κ3) is 3.98. The van der Waals surface area contributed by atoms with Crippen LogP contribution < -0.4 is 5.32 Å². The van der Waals surface area contributed by atoms with Crippen LogP contribution in [0.4, 0.5) is 0 Å². The summed E-state index contributed by atoms with van der Waals surface area (Å²) in [6.45, 7) is 2.95. The molecule has 0 atom stereocenters. The zero-order chi connectivity index (χ0) is 14.2. The van der Waals surface area contributed by atoms with Crippen molar-refractivity contribution in [3.63, 3.8) is 0 Å². The van der Waals surface area contributed by atoms with Crippen LogP contribution in [0.5, 0.6) is 0 Å². The Balaban J connectivity index is 1.85. The van der Waals surface area contributed by atoms with Gasteiger partial charge in [0, 0.05) is 30.2 Å². The van der Waals surface area contributed by atoms with Gasteiger partial charge in [-0.1, -0.05) is 26.2 Å². The number of carbonyl (C=O) groups is 1. The third-order valence-corrected chi connectivity index (χ3v) is 3.35. The number of hydrogen-bond donors (Lipinski definition) is 1. The van der Waals surface area contributed by atoms with Crippen LogP contribution in [0.2, 0.25) is 0 Å². The van der Waals surface area contributed by atoms with Gasteiger partial charge in [0.05, 0.1) is 0 Å². The maximum absolute atomic E-state index is 12.0. The summed E-state index contributed by atoms with van der Waals surface area (Å²) < 4.78 is 2.02. The predicted molar refractivity (Wildman–Crippen MR) is 82.2 cm³/mol. The lowest BCUT2D eigenvalue weighted by Gasteiger charge is -2.07. The van der Waals surface area contributed by atoms with Crippen molar-refractivity contribution in [2.24, 2.45) is 0 Å². The van der Waals surface area contributed by atoms with E-state index in [1.165, 1.54) is 19.3 Å². The number of aromatic nitrogens is 1. The Morgan fingerprint density at radius 3 is 2.40 bits per heavy atom. The molecule has 3 heteroatoms. The number of unbranched alkanes of at least 4 members (excludes halogenated alkanes) is 3. The van der Waals surface area contributed by atoms with Crippen molar-refractivity contribution in [2.75, 3.05) is 6.54 Å². The smallest absolute Gasteiger partial charge is 0.251 e. The molecule has 1 aromatic heterocycles. The molecule has 1 heterocycles. The van der Waals surface area contributed by atoms with E-state index in [4.69, 9.17) is 0 Å². The highest BCUT2D eigenvalue weighted by Gasteiger charge is 2.04. The molecule has 0 bridgehead atoms. The fraction of sp³-hybridized carbons (Fsp3) is 0.353. The molecule has 0 fully saturated rings. The second kappa shape index (κ2) is 7.53. The van der Waals surface area contributed by atoms with Crippen LogP contribution in [0.25, 0.3) is 5.69 Å².